The Morgan fingerprint density at radius 1 is 1.21 bits per heavy atom. The van der Waals surface area contributed by atoms with E-state index in [1.165, 1.54) is 0 Å². The fourth-order valence-corrected chi connectivity index (χ4v) is 5.16. The van der Waals surface area contributed by atoms with Crippen LogP contribution in [0.2, 0.25) is 0 Å². The Labute approximate surface area is 226 Å². The number of allylic oxidation sites excluding steroid dienone is 3. The standard InChI is InChI=1S/C29H34N2O6S/c1-20-8-11-22(36-23-12-9-21(10-13-23)26-18-27(32)31-38(26)34)6-4-5-7-25(20)37-24-14-15-28(30-19-24)35-17-16-29(2,3)33/h4-5,7,9-10,12-15,19,22,26,33H,1,6,8,11,16-18H2,2-3H3,(H,31,32)/b5-4-,25-7?/t22-,26?,38?/m0/s1. The first kappa shape index (κ1) is 27.8. The zero-order chi connectivity index (χ0) is 27.1. The molecule has 1 saturated heterocycles. The molecule has 202 valence electrons. The van der Waals surface area contributed by atoms with Gasteiger partial charge in [-0.2, -0.15) is 4.72 Å². The summed E-state index contributed by atoms with van der Waals surface area (Å²) in [5.74, 6) is 2.24. The highest BCUT2D eigenvalue weighted by Gasteiger charge is 2.36. The van der Waals surface area contributed by atoms with Gasteiger partial charge in [0.1, 0.15) is 23.4 Å². The molecular formula is C29H34N2O6S. The SMILES string of the molecule is C=C1CC[C@@H](Oc2ccc(C3CC(=O)N[S+]3[O-])cc2)C/C=C\C=C1Oc1ccc(OCCC(C)(C)O)nc1. The molecule has 0 bridgehead atoms. The third-order valence-electron chi connectivity index (χ3n) is 6.20. The van der Waals surface area contributed by atoms with Crippen LogP contribution in [0.5, 0.6) is 17.4 Å². The first-order chi connectivity index (χ1) is 18.2. The van der Waals surface area contributed by atoms with Gasteiger partial charge in [-0.05, 0) is 56.5 Å². The van der Waals surface area contributed by atoms with Gasteiger partial charge in [0.05, 0.1) is 36.2 Å². The van der Waals surface area contributed by atoms with E-state index in [2.05, 4.69) is 16.3 Å². The van der Waals surface area contributed by atoms with Gasteiger partial charge in [-0.1, -0.05) is 30.9 Å². The molecule has 38 heavy (non-hydrogen) atoms. The largest absolute Gasteiger partial charge is 0.593 e. The average Bonchev–Trinajstić information content (AvgIpc) is 3.24. The van der Waals surface area contributed by atoms with Gasteiger partial charge in [-0.25, -0.2) is 4.98 Å². The number of hydrogen-bond acceptors (Lipinski definition) is 7. The second-order valence-corrected chi connectivity index (χ2v) is 11.4. The third-order valence-corrected chi connectivity index (χ3v) is 7.58. The Morgan fingerprint density at radius 3 is 2.63 bits per heavy atom. The van der Waals surface area contributed by atoms with Crippen molar-refractivity contribution >= 4 is 17.3 Å². The van der Waals surface area contributed by atoms with Gasteiger partial charge in [-0.15, -0.1) is 0 Å². The van der Waals surface area contributed by atoms with Crippen LogP contribution in [0, 0.1) is 0 Å². The van der Waals surface area contributed by atoms with Crippen LogP contribution in [0.15, 0.2) is 78.7 Å². The molecule has 8 nitrogen and oxygen atoms in total. The molecule has 3 atom stereocenters. The normalized spacial score (nSPS) is 22.9. The number of pyridine rings is 1. The van der Waals surface area contributed by atoms with Crippen LogP contribution in [0.3, 0.4) is 0 Å². The lowest BCUT2D eigenvalue weighted by atomic mass is 10.1. The van der Waals surface area contributed by atoms with Gasteiger partial charge in [-0.3, -0.25) is 4.79 Å². The minimum Gasteiger partial charge on any atom is -0.593 e. The number of carbonyl (C=O) groups is 1. The molecule has 2 N–H and O–H groups in total. The summed E-state index contributed by atoms with van der Waals surface area (Å²) >= 11 is -1.38. The predicted molar refractivity (Wildman–Crippen MR) is 146 cm³/mol. The van der Waals surface area contributed by atoms with Crippen LogP contribution in [0.4, 0.5) is 0 Å². The molecule has 0 saturated carbocycles. The van der Waals surface area contributed by atoms with Gasteiger partial charge in [0.2, 0.25) is 5.88 Å². The highest BCUT2D eigenvalue weighted by Crippen LogP contribution is 2.32. The number of aliphatic hydroxyl groups is 1. The minimum atomic E-state index is -1.38. The molecule has 2 aliphatic rings. The number of benzene rings is 1. The van der Waals surface area contributed by atoms with E-state index in [0.717, 1.165) is 29.7 Å². The van der Waals surface area contributed by atoms with E-state index in [-0.39, 0.29) is 23.7 Å². The van der Waals surface area contributed by atoms with E-state index in [4.69, 9.17) is 14.2 Å². The van der Waals surface area contributed by atoms with Crippen molar-refractivity contribution in [3.05, 3.63) is 84.3 Å². The molecule has 9 heteroatoms. The fourth-order valence-electron chi connectivity index (χ4n) is 4.00. The lowest BCUT2D eigenvalue weighted by Gasteiger charge is -2.19. The van der Waals surface area contributed by atoms with Crippen molar-refractivity contribution in [3.8, 4) is 17.4 Å². The molecule has 1 fully saturated rings. The van der Waals surface area contributed by atoms with Gasteiger partial charge < -0.3 is 23.9 Å². The molecule has 1 amide bonds. The quantitative estimate of drug-likeness (QED) is 0.439. The van der Waals surface area contributed by atoms with Gasteiger partial charge in [0.25, 0.3) is 5.91 Å². The van der Waals surface area contributed by atoms with E-state index < -0.39 is 17.0 Å². The van der Waals surface area contributed by atoms with Crippen LogP contribution in [0.1, 0.15) is 56.8 Å². The van der Waals surface area contributed by atoms with Crippen molar-refractivity contribution < 1.29 is 28.7 Å². The number of ether oxygens (including phenoxy) is 3. The second-order valence-electron chi connectivity index (χ2n) is 10.0. The van der Waals surface area contributed by atoms with Crippen LogP contribution in [-0.4, -0.2) is 38.9 Å². The first-order valence-corrected chi connectivity index (χ1v) is 13.9. The predicted octanol–water partition coefficient (Wildman–Crippen LogP) is 4.85. The van der Waals surface area contributed by atoms with Crippen LogP contribution < -0.4 is 18.9 Å². The molecule has 4 rings (SSSR count). The molecule has 1 aromatic heterocycles. The molecule has 1 aromatic carbocycles. The summed E-state index contributed by atoms with van der Waals surface area (Å²) in [7, 11) is 0. The summed E-state index contributed by atoms with van der Waals surface area (Å²) in [6.07, 6.45) is 10.3. The molecule has 1 aliphatic heterocycles. The number of aromatic nitrogens is 1. The summed E-state index contributed by atoms with van der Waals surface area (Å²) < 4.78 is 32.4. The van der Waals surface area contributed by atoms with Crippen molar-refractivity contribution in [2.75, 3.05) is 6.61 Å². The Bertz CT molecular complexity index is 1170. The van der Waals surface area contributed by atoms with Crippen molar-refractivity contribution in [2.45, 2.75) is 62.9 Å². The molecule has 0 spiro atoms. The third kappa shape index (κ3) is 8.11. The van der Waals surface area contributed by atoms with Gasteiger partial charge in [0.15, 0.2) is 5.25 Å². The van der Waals surface area contributed by atoms with Crippen molar-refractivity contribution in [2.24, 2.45) is 0 Å². The Hall–Kier alpha value is -3.27. The summed E-state index contributed by atoms with van der Waals surface area (Å²) in [5, 5.41) is 9.47. The van der Waals surface area contributed by atoms with Gasteiger partial charge >= 0.3 is 0 Å². The van der Waals surface area contributed by atoms with Crippen LogP contribution >= 0.6 is 0 Å². The topological polar surface area (TPSA) is 113 Å². The molecule has 2 heterocycles. The monoisotopic (exact) mass is 538 g/mol. The van der Waals surface area contributed by atoms with E-state index >= 15 is 0 Å². The summed E-state index contributed by atoms with van der Waals surface area (Å²) in [5.41, 5.74) is 0.922. The number of carbonyl (C=O) groups excluding carboxylic acids is 1. The van der Waals surface area contributed by atoms with E-state index in [9.17, 15) is 14.5 Å². The van der Waals surface area contributed by atoms with Gasteiger partial charge in [0, 0.05) is 24.5 Å². The van der Waals surface area contributed by atoms with Crippen LogP contribution in [0.25, 0.3) is 0 Å². The molecule has 2 aromatic rings. The number of nitrogens with zero attached hydrogens (tertiary/aromatic N) is 1. The smallest absolute Gasteiger partial charge is 0.266 e. The average molecular weight is 539 g/mol. The van der Waals surface area contributed by atoms with E-state index in [0.29, 0.717) is 36.8 Å². The maximum Gasteiger partial charge on any atom is 0.266 e. The lowest BCUT2D eigenvalue weighted by molar-refractivity contribution is -0.118. The summed E-state index contributed by atoms with van der Waals surface area (Å²) in [6.45, 7) is 8.06. The molecule has 0 radical (unpaired) electrons. The Morgan fingerprint density at radius 2 is 1.97 bits per heavy atom. The fraction of sp³-hybridized carbons (Fsp3) is 0.379. The number of nitrogens with one attached hydrogen (secondary N) is 1. The molecular weight excluding hydrogens is 504 g/mol. The van der Waals surface area contributed by atoms with E-state index in [1.54, 1.807) is 32.2 Å². The highest BCUT2D eigenvalue weighted by molar-refractivity contribution is 7.90. The zero-order valence-corrected chi connectivity index (χ0v) is 22.5. The maximum absolute atomic E-state index is 12.0. The van der Waals surface area contributed by atoms with E-state index in [1.807, 2.05) is 42.5 Å². The lowest BCUT2D eigenvalue weighted by Crippen LogP contribution is -2.21. The summed E-state index contributed by atoms with van der Waals surface area (Å²) in [4.78, 5) is 15.8. The second kappa shape index (κ2) is 12.5. The number of rotatable bonds is 9. The van der Waals surface area contributed by atoms with Crippen molar-refractivity contribution in [1.29, 1.82) is 0 Å². The molecule has 2 unspecified atom stereocenters. The van der Waals surface area contributed by atoms with Crippen molar-refractivity contribution in [1.82, 2.24) is 9.71 Å². The number of amides is 1. The maximum atomic E-state index is 12.0. The molecule has 1 aliphatic carbocycles. The van der Waals surface area contributed by atoms with Crippen molar-refractivity contribution in [3.63, 3.8) is 0 Å². The first-order valence-electron chi connectivity index (χ1n) is 12.7. The Kier molecular flexibility index (Phi) is 9.14. The Balaban J connectivity index is 1.28. The van der Waals surface area contributed by atoms with Crippen LogP contribution in [-0.2, 0) is 16.2 Å². The minimum absolute atomic E-state index is 0.0487. The zero-order valence-electron chi connectivity index (χ0n) is 21.7. The highest BCUT2D eigenvalue weighted by atomic mass is 32.2. The summed E-state index contributed by atoms with van der Waals surface area (Å²) in [6, 6.07) is 11.0. The number of hydrogen-bond donors (Lipinski definition) is 2.